The zero-order valence-electron chi connectivity index (χ0n) is 54.5. The molecule has 0 saturated carbocycles. The van der Waals surface area contributed by atoms with E-state index >= 15 is 0 Å². The minimum absolute atomic E-state index is 0.0794. The van der Waals surface area contributed by atoms with Gasteiger partial charge in [-0.15, -0.1) is 0 Å². The second-order valence-corrected chi connectivity index (χ2v) is 23.8. The third-order valence-electron chi connectivity index (χ3n) is 15.6. The minimum atomic E-state index is -0.785. The molecule has 0 amide bonds. The van der Waals surface area contributed by atoms with E-state index in [9.17, 15) is 14.4 Å². The summed E-state index contributed by atoms with van der Waals surface area (Å²) in [6.07, 6.45) is 93.3. The van der Waals surface area contributed by atoms with Crippen LogP contribution in [-0.2, 0) is 28.6 Å². The zero-order valence-corrected chi connectivity index (χ0v) is 54.5. The van der Waals surface area contributed by atoms with E-state index in [-0.39, 0.29) is 31.1 Å². The van der Waals surface area contributed by atoms with Gasteiger partial charge in [0.15, 0.2) is 6.10 Å². The van der Waals surface area contributed by atoms with Crippen LogP contribution in [0.1, 0.15) is 361 Å². The van der Waals surface area contributed by atoms with Gasteiger partial charge in [0.2, 0.25) is 0 Å². The number of rotatable bonds is 65. The van der Waals surface area contributed by atoms with E-state index in [2.05, 4.69) is 106 Å². The van der Waals surface area contributed by atoms with Crippen LogP contribution in [0.5, 0.6) is 0 Å². The number of ether oxygens (including phenoxy) is 3. The molecule has 6 nitrogen and oxygen atoms in total. The lowest BCUT2D eigenvalue weighted by Crippen LogP contribution is -2.30. The molecular formula is C76H134O6. The molecule has 0 aliphatic rings. The van der Waals surface area contributed by atoms with Crippen molar-refractivity contribution in [3.8, 4) is 0 Å². The number of hydrogen-bond acceptors (Lipinski definition) is 6. The average molecular weight is 1140 g/mol. The summed E-state index contributed by atoms with van der Waals surface area (Å²) in [7, 11) is 0. The number of esters is 3. The SMILES string of the molecule is CC/C=C\C/C=C\C/C=C\C/C=C\CCCCCCCCCCC(=O)OC(COC(=O)CCCCCCC/C=C\CCCCC)COC(=O)CCCCCCCCCCCCCCCCCCCCC/C=C\C/C=C\CCCCCCC. The van der Waals surface area contributed by atoms with E-state index in [1.165, 1.54) is 218 Å². The van der Waals surface area contributed by atoms with E-state index in [4.69, 9.17) is 14.2 Å². The van der Waals surface area contributed by atoms with Crippen molar-refractivity contribution < 1.29 is 28.6 Å². The van der Waals surface area contributed by atoms with Gasteiger partial charge in [-0.25, -0.2) is 0 Å². The molecular weight excluding hydrogens is 1010 g/mol. The summed E-state index contributed by atoms with van der Waals surface area (Å²) in [6, 6.07) is 0. The van der Waals surface area contributed by atoms with Gasteiger partial charge in [-0.3, -0.25) is 14.4 Å². The van der Waals surface area contributed by atoms with Gasteiger partial charge in [-0.1, -0.05) is 311 Å². The maximum Gasteiger partial charge on any atom is 0.306 e. The van der Waals surface area contributed by atoms with Crippen LogP contribution in [0, 0.1) is 0 Å². The molecule has 0 aliphatic heterocycles. The highest BCUT2D eigenvalue weighted by Crippen LogP contribution is 2.18. The van der Waals surface area contributed by atoms with Crippen LogP contribution in [0.4, 0.5) is 0 Å². The molecule has 474 valence electrons. The average Bonchev–Trinajstić information content (AvgIpc) is 3.47. The van der Waals surface area contributed by atoms with Crippen LogP contribution in [-0.4, -0.2) is 37.2 Å². The van der Waals surface area contributed by atoms with E-state index in [0.717, 1.165) is 103 Å². The fourth-order valence-corrected chi connectivity index (χ4v) is 10.3. The van der Waals surface area contributed by atoms with Crippen molar-refractivity contribution in [1.82, 2.24) is 0 Å². The lowest BCUT2D eigenvalue weighted by molar-refractivity contribution is -0.167. The Hall–Kier alpha value is -3.41. The molecule has 1 atom stereocenters. The van der Waals surface area contributed by atoms with Crippen LogP contribution in [0.3, 0.4) is 0 Å². The van der Waals surface area contributed by atoms with Crippen molar-refractivity contribution in [2.24, 2.45) is 0 Å². The Morgan fingerprint density at radius 1 is 0.256 bits per heavy atom. The summed E-state index contributed by atoms with van der Waals surface area (Å²) in [5.74, 6) is -0.880. The minimum Gasteiger partial charge on any atom is -0.462 e. The van der Waals surface area contributed by atoms with E-state index in [0.29, 0.717) is 19.3 Å². The first-order chi connectivity index (χ1) is 40.5. The summed E-state index contributed by atoms with van der Waals surface area (Å²) in [6.45, 7) is 6.52. The molecule has 0 rings (SSSR count). The molecule has 0 N–H and O–H groups in total. The highest BCUT2D eigenvalue weighted by molar-refractivity contribution is 5.71. The van der Waals surface area contributed by atoms with Crippen molar-refractivity contribution in [1.29, 1.82) is 0 Å². The Balaban J connectivity index is 4.19. The van der Waals surface area contributed by atoms with Gasteiger partial charge in [0.1, 0.15) is 13.2 Å². The molecule has 6 heteroatoms. The second-order valence-electron chi connectivity index (χ2n) is 23.8. The molecule has 0 heterocycles. The predicted octanol–water partition coefficient (Wildman–Crippen LogP) is 24.6. The van der Waals surface area contributed by atoms with E-state index in [1.807, 2.05) is 0 Å². The maximum absolute atomic E-state index is 12.9. The highest BCUT2D eigenvalue weighted by Gasteiger charge is 2.19. The quantitative estimate of drug-likeness (QED) is 0.0261. The number of allylic oxidation sites excluding steroid dienone is 14. The summed E-state index contributed by atoms with van der Waals surface area (Å²) in [5.41, 5.74) is 0. The highest BCUT2D eigenvalue weighted by atomic mass is 16.6. The molecule has 0 fully saturated rings. The van der Waals surface area contributed by atoms with Crippen LogP contribution in [0.25, 0.3) is 0 Å². The number of hydrogen-bond donors (Lipinski definition) is 0. The Bertz CT molecular complexity index is 1550. The van der Waals surface area contributed by atoms with Crippen molar-refractivity contribution in [3.05, 3.63) is 85.1 Å². The molecule has 0 bridgehead atoms. The molecule has 82 heavy (non-hydrogen) atoms. The van der Waals surface area contributed by atoms with Gasteiger partial charge >= 0.3 is 17.9 Å². The fourth-order valence-electron chi connectivity index (χ4n) is 10.3. The fraction of sp³-hybridized carbons (Fsp3) is 0.776. The third-order valence-corrected chi connectivity index (χ3v) is 15.6. The van der Waals surface area contributed by atoms with E-state index < -0.39 is 6.10 Å². The predicted molar refractivity (Wildman–Crippen MR) is 358 cm³/mol. The lowest BCUT2D eigenvalue weighted by Gasteiger charge is -2.18. The molecule has 0 spiro atoms. The molecule has 0 aromatic carbocycles. The summed E-state index contributed by atoms with van der Waals surface area (Å²) >= 11 is 0. The van der Waals surface area contributed by atoms with Crippen LogP contribution in [0.2, 0.25) is 0 Å². The lowest BCUT2D eigenvalue weighted by atomic mass is 10.0. The van der Waals surface area contributed by atoms with E-state index in [1.54, 1.807) is 0 Å². The van der Waals surface area contributed by atoms with Crippen LogP contribution in [0.15, 0.2) is 85.1 Å². The normalized spacial score (nSPS) is 12.6. The second kappa shape index (κ2) is 70.1. The first kappa shape index (κ1) is 78.6. The van der Waals surface area contributed by atoms with Gasteiger partial charge < -0.3 is 14.2 Å². The smallest absolute Gasteiger partial charge is 0.306 e. The Morgan fingerprint density at radius 3 is 0.780 bits per heavy atom. The molecule has 0 saturated heterocycles. The number of carbonyl (C=O) groups is 3. The van der Waals surface area contributed by atoms with Gasteiger partial charge in [0.25, 0.3) is 0 Å². The topological polar surface area (TPSA) is 78.9 Å². The summed E-state index contributed by atoms with van der Waals surface area (Å²) in [5, 5.41) is 0. The molecule has 0 aromatic heterocycles. The van der Waals surface area contributed by atoms with Crippen molar-refractivity contribution in [2.75, 3.05) is 13.2 Å². The standard InChI is InChI=1S/C76H134O6/c1-4-7-10-13-16-19-22-25-27-29-31-33-34-35-36-37-38-39-40-41-42-44-45-47-49-51-54-57-60-63-66-69-75(78)81-72-73(71-80-74(77)68-65-62-59-56-53-24-21-18-15-12-9-6-3)82-76(79)70-67-64-61-58-55-52-50-48-46-43-32-30-28-26-23-20-17-14-11-8-5-2/h8,11,17-18,20-22,25-26,28-29,31-32,43,73H,4-7,9-10,12-16,19,23-24,27,30,33-42,44-72H2,1-3H3/b11-8-,20-17-,21-18-,25-22-,28-26-,31-29-,43-32-. The monoisotopic (exact) mass is 1140 g/mol. The van der Waals surface area contributed by atoms with Crippen molar-refractivity contribution >= 4 is 17.9 Å². The first-order valence-electron chi connectivity index (χ1n) is 35.6. The zero-order chi connectivity index (χ0) is 59.2. The van der Waals surface area contributed by atoms with Crippen LogP contribution >= 0.6 is 0 Å². The van der Waals surface area contributed by atoms with Crippen LogP contribution < -0.4 is 0 Å². The van der Waals surface area contributed by atoms with Gasteiger partial charge in [0, 0.05) is 19.3 Å². The van der Waals surface area contributed by atoms with Gasteiger partial charge in [0.05, 0.1) is 0 Å². The summed E-state index contributed by atoms with van der Waals surface area (Å²) < 4.78 is 17.0. The summed E-state index contributed by atoms with van der Waals surface area (Å²) in [4.78, 5) is 38.4. The number of carbonyl (C=O) groups excluding carboxylic acids is 3. The Labute approximate surface area is 509 Å². The van der Waals surface area contributed by atoms with Crippen molar-refractivity contribution in [3.63, 3.8) is 0 Å². The molecule has 0 aromatic rings. The molecule has 1 unspecified atom stereocenters. The maximum atomic E-state index is 12.9. The third kappa shape index (κ3) is 67.4. The molecule has 0 radical (unpaired) electrons. The van der Waals surface area contributed by atoms with Gasteiger partial charge in [-0.05, 0) is 116 Å². The first-order valence-corrected chi connectivity index (χ1v) is 35.6. The van der Waals surface area contributed by atoms with Crippen molar-refractivity contribution in [2.45, 2.75) is 367 Å². The molecule has 0 aliphatic carbocycles. The number of unbranched alkanes of at least 4 members (excludes halogenated alkanes) is 40. The van der Waals surface area contributed by atoms with Gasteiger partial charge in [-0.2, -0.15) is 0 Å². The largest absolute Gasteiger partial charge is 0.462 e. The Morgan fingerprint density at radius 2 is 0.476 bits per heavy atom. The Kier molecular flexibility index (Phi) is 67.2.